The summed E-state index contributed by atoms with van der Waals surface area (Å²) in [6.07, 6.45) is 12.0. The fraction of sp³-hybridized carbons (Fsp3) is 0.359. The van der Waals surface area contributed by atoms with Crippen LogP contribution in [0, 0.1) is 17.2 Å². The second kappa shape index (κ2) is 16.5. The molecule has 1 aliphatic carbocycles. The zero-order valence-corrected chi connectivity index (χ0v) is 25.6. The Morgan fingerprint density at radius 3 is 1.76 bits per heavy atom. The highest BCUT2D eigenvalue weighted by atomic mass is 16.5. The number of rotatable bonds is 18. The van der Waals surface area contributed by atoms with E-state index in [0.717, 1.165) is 74.5 Å². The van der Waals surface area contributed by atoms with Crippen molar-refractivity contribution in [3.63, 3.8) is 0 Å². The monoisotopic (exact) mass is 561 g/mol. The van der Waals surface area contributed by atoms with E-state index in [4.69, 9.17) is 4.74 Å². The minimum Gasteiger partial charge on any atom is -0.493 e. The van der Waals surface area contributed by atoms with Crippen LogP contribution >= 0.6 is 0 Å². The van der Waals surface area contributed by atoms with Crippen molar-refractivity contribution in [1.82, 2.24) is 0 Å². The number of aliphatic hydroxyl groups is 1. The van der Waals surface area contributed by atoms with E-state index in [9.17, 15) is 10.4 Å². The first-order valence-corrected chi connectivity index (χ1v) is 15.0. The van der Waals surface area contributed by atoms with Crippen molar-refractivity contribution in [3.8, 4) is 6.07 Å². The molecule has 42 heavy (non-hydrogen) atoms. The third kappa shape index (κ3) is 11.2. The number of aliphatic hydroxyl groups excluding tert-OH is 1. The van der Waals surface area contributed by atoms with E-state index in [-0.39, 0.29) is 12.0 Å². The van der Waals surface area contributed by atoms with Gasteiger partial charge in [-0.2, -0.15) is 5.26 Å². The maximum atomic E-state index is 10.3. The van der Waals surface area contributed by atoms with E-state index >= 15 is 0 Å². The molecule has 2 aromatic carbocycles. The Labute approximate surface area is 253 Å². The second-order valence-corrected chi connectivity index (χ2v) is 11.8. The number of hydrogen-bond acceptors (Lipinski definition) is 3. The predicted molar refractivity (Wildman–Crippen MR) is 176 cm³/mol. The maximum Gasteiger partial charge on any atom is 0.114 e. The normalized spacial score (nSPS) is 13.9. The molecule has 0 saturated carbocycles. The van der Waals surface area contributed by atoms with Crippen LogP contribution < -0.4 is 0 Å². The Bertz CT molecular complexity index is 1350. The minimum absolute atomic E-state index is 0.166. The molecule has 220 valence electrons. The molecule has 0 heterocycles. The highest BCUT2D eigenvalue weighted by Crippen LogP contribution is 2.26. The Balaban J connectivity index is 1.37. The summed E-state index contributed by atoms with van der Waals surface area (Å²) in [5.41, 5.74) is 10.9. The molecule has 2 aromatic rings. The zero-order chi connectivity index (χ0) is 30.5. The zero-order valence-electron chi connectivity index (χ0n) is 25.6. The average molecular weight is 562 g/mol. The summed E-state index contributed by atoms with van der Waals surface area (Å²) in [6, 6.07) is 20.0. The van der Waals surface area contributed by atoms with Crippen molar-refractivity contribution >= 4 is 0 Å². The molecular weight excluding hydrogens is 514 g/mol. The number of ether oxygens (including phenoxy) is 1. The van der Waals surface area contributed by atoms with Crippen molar-refractivity contribution < 1.29 is 9.84 Å². The van der Waals surface area contributed by atoms with Gasteiger partial charge >= 0.3 is 0 Å². The van der Waals surface area contributed by atoms with Gasteiger partial charge < -0.3 is 9.84 Å². The molecule has 3 heteroatoms. The summed E-state index contributed by atoms with van der Waals surface area (Å²) < 4.78 is 5.59. The fourth-order valence-corrected chi connectivity index (χ4v) is 4.94. The molecule has 0 fully saturated rings. The summed E-state index contributed by atoms with van der Waals surface area (Å²) >= 11 is 0. The first-order valence-electron chi connectivity index (χ1n) is 15.0. The molecule has 3 rings (SSSR count). The molecule has 0 aromatic heterocycles. The fourth-order valence-electron chi connectivity index (χ4n) is 4.94. The summed E-state index contributed by atoms with van der Waals surface area (Å²) in [7, 11) is 0. The number of nitrogens with zero attached hydrogens (tertiary/aromatic N) is 1. The van der Waals surface area contributed by atoms with Crippen LogP contribution in [-0.4, -0.2) is 17.8 Å². The van der Waals surface area contributed by atoms with Gasteiger partial charge in [0.15, 0.2) is 0 Å². The van der Waals surface area contributed by atoms with Crippen LogP contribution in [0.2, 0.25) is 0 Å². The smallest absolute Gasteiger partial charge is 0.114 e. The number of allylic oxidation sites excluding steroid dienone is 7. The van der Waals surface area contributed by atoms with E-state index in [2.05, 4.69) is 93.1 Å². The van der Waals surface area contributed by atoms with Gasteiger partial charge in [0, 0.05) is 0 Å². The van der Waals surface area contributed by atoms with Crippen LogP contribution in [0.4, 0.5) is 0 Å². The number of aryl methyl sites for hydroxylation is 2. The lowest BCUT2D eigenvalue weighted by Gasteiger charge is -2.13. The third-order valence-electron chi connectivity index (χ3n) is 7.97. The topological polar surface area (TPSA) is 53.2 Å². The molecule has 0 saturated heterocycles. The first kappa shape index (κ1) is 32.6. The van der Waals surface area contributed by atoms with E-state index < -0.39 is 0 Å². The van der Waals surface area contributed by atoms with Gasteiger partial charge in [-0.25, -0.2) is 0 Å². The minimum atomic E-state index is -0.306. The third-order valence-corrected chi connectivity index (χ3v) is 7.97. The number of hydrogen-bond donors (Lipinski definition) is 1. The van der Waals surface area contributed by atoms with Crippen LogP contribution in [0.1, 0.15) is 68.2 Å². The van der Waals surface area contributed by atoms with Gasteiger partial charge in [0.2, 0.25) is 0 Å². The molecule has 0 aliphatic heterocycles. The highest BCUT2D eigenvalue weighted by Gasteiger charge is 2.12. The van der Waals surface area contributed by atoms with Crippen LogP contribution in [0.15, 0.2) is 121 Å². The molecule has 2 atom stereocenters. The number of nitriles is 1. The Kier molecular flexibility index (Phi) is 12.9. The van der Waals surface area contributed by atoms with Crippen molar-refractivity contribution in [2.45, 2.75) is 77.7 Å². The molecule has 0 bridgehead atoms. The van der Waals surface area contributed by atoms with Gasteiger partial charge in [-0.1, -0.05) is 109 Å². The van der Waals surface area contributed by atoms with Gasteiger partial charge in [-0.3, -0.25) is 0 Å². The van der Waals surface area contributed by atoms with Crippen LogP contribution in [0.3, 0.4) is 0 Å². The van der Waals surface area contributed by atoms with Crippen molar-refractivity contribution in [2.75, 3.05) is 6.61 Å². The lowest BCUT2D eigenvalue weighted by Crippen LogP contribution is -2.09. The first-order chi connectivity index (χ1) is 20.1. The van der Waals surface area contributed by atoms with Gasteiger partial charge in [0.05, 0.1) is 18.1 Å². The lowest BCUT2D eigenvalue weighted by molar-refractivity contribution is 0.155. The molecular formula is C39H47NO2. The lowest BCUT2D eigenvalue weighted by atomic mass is 9.96. The average Bonchev–Trinajstić information content (AvgIpc) is 3.42. The number of benzene rings is 2. The SMILES string of the molecule is C=C(C)C(=C)CCC(O)CCc1ccc(CC2=CC=C(Cc3ccc(CCC(C#N)COC(=C)C(=C)C)cc3)C2)cc1. The van der Waals surface area contributed by atoms with Crippen LogP contribution in [-0.2, 0) is 30.4 Å². The van der Waals surface area contributed by atoms with E-state index in [1.807, 2.05) is 13.8 Å². The van der Waals surface area contributed by atoms with Crippen LogP contribution in [0.5, 0.6) is 0 Å². The van der Waals surface area contributed by atoms with Crippen molar-refractivity contribution in [3.05, 3.63) is 143 Å². The molecule has 2 unspecified atom stereocenters. The second-order valence-electron chi connectivity index (χ2n) is 11.8. The van der Waals surface area contributed by atoms with Gasteiger partial charge in [0.1, 0.15) is 12.4 Å². The van der Waals surface area contributed by atoms with Crippen LogP contribution in [0.25, 0.3) is 0 Å². The van der Waals surface area contributed by atoms with Gasteiger partial charge in [-0.15, -0.1) is 0 Å². The van der Waals surface area contributed by atoms with Gasteiger partial charge in [0.25, 0.3) is 0 Å². The predicted octanol–water partition coefficient (Wildman–Crippen LogP) is 9.11. The quantitative estimate of drug-likeness (QED) is 0.146. The standard InChI is InChI=1S/C39H47NO2/c1-28(2)30(5)7-21-39(41)22-20-33-10-15-35(16-11-33)24-37-18-17-36(25-37)23-34-13-8-32(9-14-34)12-19-38(26-40)27-42-31(6)29(3)4/h8-11,13-18,38-39,41H,1,3,5-7,12,19-25,27H2,2,4H3. The molecule has 1 N–H and O–H groups in total. The molecule has 0 amide bonds. The van der Waals surface area contributed by atoms with E-state index in [0.29, 0.717) is 12.4 Å². The molecule has 1 aliphatic rings. The van der Waals surface area contributed by atoms with Crippen molar-refractivity contribution in [2.24, 2.45) is 5.92 Å². The summed E-state index contributed by atoms with van der Waals surface area (Å²) in [5.74, 6) is 0.387. The summed E-state index contributed by atoms with van der Waals surface area (Å²) in [6.45, 7) is 19.8. The Morgan fingerprint density at radius 1 is 0.786 bits per heavy atom. The largest absolute Gasteiger partial charge is 0.493 e. The van der Waals surface area contributed by atoms with E-state index in [1.54, 1.807) is 0 Å². The molecule has 0 spiro atoms. The Hall–Kier alpha value is -3.87. The Morgan fingerprint density at radius 2 is 1.29 bits per heavy atom. The van der Waals surface area contributed by atoms with Crippen molar-refractivity contribution in [1.29, 1.82) is 5.26 Å². The maximum absolute atomic E-state index is 10.3. The summed E-state index contributed by atoms with van der Waals surface area (Å²) in [4.78, 5) is 0. The van der Waals surface area contributed by atoms with Gasteiger partial charge in [-0.05, 0) is 99.5 Å². The summed E-state index contributed by atoms with van der Waals surface area (Å²) in [5, 5.41) is 19.8. The molecule has 0 radical (unpaired) electrons. The van der Waals surface area contributed by atoms with E-state index in [1.165, 1.54) is 33.4 Å². The molecule has 3 nitrogen and oxygen atoms in total. The highest BCUT2D eigenvalue weighted by molar-refractivity contribution is 5.38.